The number of ketones is 1. The summed E-state index contributed by atoms with van der Waals surface area (Å²) in [5.41, 5.74) is -0.209. The van der Waals surface area contributed by atoms with Crippen LogP contribution in [0.1, 0.15) is 33.2 Å². The van der Waals surface area contributed by atoms with Crippen LogP contribution in [-0.4, -0.2) is 35.9 Å². The lowest BCUT2D eigenvalue weighted by molar-refractivity contribution is -0.384. The van der Waals surface area contributed by atoms with Gasteiger partial charge in [0.05, 0.1) is 15.4 Å². The second kappa shape index (κ2) is 8.91. The van der Waals surface area contributed by atoms with E-state index in [-0.39, 0.29) is 45.3 Å². The molecule has 0 unspecified atom stereocenters. The number of nitro benzene ring substituents is 1. The molecule has 0 saturated carbocycles. The number of sulfonamides is 1. The number of ether oxygens (including phenoxy) is 1. The van der Waals surface area contributed by atoms with Crippen molar-refractivity contribution in [2.45, 2.75) is 11.8 Å². The van der Waals surface area contributed by atoms with Gasteiger partial charge in [-0.1, -0.05) is 42.5 Å². The topological polar surface area (TPSA) is 124 Å². The third-order valence-corrected chi connectivity index (χ3v) is 7.14. The molecule has 3 aromatic carbocycles. The molecule has 4 rings (SSSR count). The minimum absolute atomic E-state index is 0.00132. The smallest absolute Gasteiger partial charge is 0.343 e. The third-order valence-electron chi connectivity index (χ3n) is 5.21. The molecule has 0 spiro atoms. The Kier molecular flexibility index (Phi) is 5.99. The molecule has 1 aliphatic heterocycles. The van der Waals surface area contributed by atoms with Crippen LogP contribution in [0.15, 0.2) is 89.5 Å². The molecule has 3 aromatic rings. The highest BCUT2D eigenvalue weighted by Crippen LogP contribution is 2.39. The lowest BCUT2D eigenvalue weighted by Crippen LogP contribution is -2.38. The summed E-state index contributed by atoms with van der Waals surface area (Å²) in [6.45, 7) is 1.49. The minimum Gasteiger partial charge on any atom is -0.420 e. The first-order valence-electron chi connectivity index (χ1n) is 10.2. The summed E-state index contributed by atoms with van der Waals surface area (Å²) in [7, 11) is -4.10. The molecule has 10 heteroatoms. The number of benzene rings is 3. The van der Waals surface area contributed by atoms with Gasteiger partial charge in [-0.2, -0.15) is 0 Å². The molecule has 0 N–H and O–H groups in total. The zero-order valence-corrected chi connectivity index (χ0v) is 18.7. The van der Waals surface area contributed by atoms with Crippen molar-refractivity contribution in [3.8, 4) is 0 Å². The van der Waals surface area contributed by atoms with E-state index in [2.05, 4.69) is 0 Å². The quantitative estimate of drug-likeness (QED) is 0.227. The van der Waals surface area contributed by atoms with Gasteiger partial charge in [0.1, 0.15) is 5.70 Å². The van der Waals surface area contributed by atoms with Crippen molar-refractivity contribution < 1.29 is 27.7 Å². The van der Waals surface area contributed by atoms with Gasteiger partial charge in [-0.15, -0.1) is 0 Å². The Labute approximate surface area is 195 Å². The second-order valence-corrected chi connectivity index (χ2v) is 9.06. The highest BCUT2D eigenvalue weighted by Gasteiger charge is 2.41. The van der Waals surface area contributed by atoms with Crippen molar-refractivity contribution in [1.29, 1.82) is 0 Å². The van der Waals surface area contributed by atoms with Gasteiger partial charge in [0.25, 0.3) is 15.7 Å². The number of rotatable bonds is 6. The maximum Gasteiger partial charge on any atom is 0.343 e. The molecule has 9 nitrogen and oxygen atoms in total. The largest absolute Gasteiger partial charge is 0.420 e. The minimum atomic E-state index is -4.10. The van der Waals surface area contributed by atoms with E-state index in [0.717, 1.165) is 16.4 Å². The predicted molar refractivity (Wildman–Crippen MR) is 122 cm³/mol. The molecule has 0 amide bonds. The monoisotopic (exact) mass is 478 g/mol. The summed E-state index contributed by atoms with van der Waals surface area (Å²) >= 11 is 0. The summed E-state index contributed by atoms with van der Waals surface area (Å²) < 4.78 is 33.2. The van der Waals surface area contributed by atoms with Gasteiger partial charge in [0, 0.05) is 29.8 Å². The lowest BCUT2D eigenvalue weighted by Gasteiger charge is -2.32. The Morgan fingerprint density at radius 2 is 1.53 bits per heavy atom. The predicted octanol–water partition coefficient (Wildman–Crippen LogP) is 4.03. The fraction of sp³-hybridized carbons (Fsp3) is 0.0833. The molecule has 0 bridgehead atoms. The van der Waals surface area contributed by atoms with Crippen LogP contribution in [0.2, 0.25) is 0 Å². The second-order valence-electron chi connectivity index (χ2n) is 7.23. The van der Waals surface area contributed by atoms with E-state index >= 15 is 0 Å². The van der Waals surface area contributed by atoms with Crippen molar-refractivity contribution in [3.63, 3.8) is 0 Å². The van der Waals surface area contributed by atoms with Crippen LogP contribution < -0.4 is 0 Å². The Hall–Kier alpha value is -4.31. The molecule has 1 aliphatic rings. The van der Waals surface area contributed by atoms with Crippen molar-refractivity contribution in [2.75, 3.05) is 6.54 Å². The molecule has 0 saturated heterocycles. The fourth-order valence-electron chi connectivity index (χ4n) is 3.60. The van der Waals surface area contributed by atoms with E-state index in [1.807, 2.05) is 0 Å². The maximum atomic E-state index is 13.5. The van der Waals surface area contributed by atoms with E-state index in [9.17, 15) is 28.1 Å². The summed E-state index contributed by atoms with van der Waals surface area (Å²) in [4.78, 5) is 36.6. The molecule has 1 heterocycles. The molecule has 172 valence electrons. The molecule has 0 atom stereocenters. The third kappa shape index (κ3) is 3.95. The number of fused-ring (bicyclic) bond motifs is 1. The summed E-state index contributed by atoms with van der Waals surface area (Å²) in [6, 6.07) is 18.7. The highest BCUT2D eigenvalue weighted by atomic mass is 32.2. The molecular formula is C24H18N2O7S. The van der Waals surface area contributed by atoms with Crippen LogP contribution in [0.4, 0.5) is 5.69 Å². The van der Waals surface area contributed by atoms with E-state index in [1.165, 1.54) is 42.5 Å². The number of nitro groups is 1. The Morgan fingerprint density at radius 3 is 2.15 bits per heavy atom. The van der Waals surface area contributed by atoms with Crippen LogP contribution in [0.25, 0.3) is 5.76 Å². The van der Waals surface area contributed by atoms with E-state index in [0.29, 0.717) is 0 Å². The average molecular weight is 478 g/mol. The van der Waals surface area contributed by atoms with Gasteiger partial charge < -0.3 is 4.74 Å². The van der Waals surface area contributed by atoms with Gasteiger partial charge in [-0.05, 0) is 31.2 Å². The van der Waals surface area contributed by atoms with Crippen LogP contribution >= 0.6 is 0 Å². The summed E-state index contributed by atoms with van der Waals surface area (Å²) in [6.07, 6.45) is 0. The van der Waals surface area contributed by atoms with Crippen LogP contribution in [0, 0.1) is 10.1 Å². The Morgan fingerprint density at radius 1 is 0.912 bits per heavy atom. The fourth-order valence-corrected chi connectivity index (χ4v) is 5.28. The van der Waals surface area contributed by atoms with Crippen LogP contribution in [-0.2, 0) is 14.8 Å². The van der Waals surface area contributed by atoms with Gasteiger partial charge >= 0.3 is 5.97 Å². The molecule has 34 heavy (non-hydrogen) atoms. The number of hydrogen-bond acceptors (Lipinski definition) is 7. The van der Waals surface area contributed by atoms with Crippen molar-refractivity contribution >= 4 is 33.2 Å². The van der Waals surface area contributed by atoms with Crippen molar-refractivity contribution in [1.82, 2.24) is 4.31 Å². The van der Waals surface area contributed by atoms with Crippen LogP contribution in [0.5, 0.6) is 0 Å². The van der Waals surface area contributed by atoms with E-state index < -0.39 is 26.7 Å². The summed E-state index contributed by atoms with van der Waals surface area (Å²) in [5, 5.41) is 10.9. The SMILES string of the molecule is CCN1C(C(=O)c2ccccc2)=C(OC(=O)c2ccc([N+](=O)[O-])cc2)c2ccccc2S1(=O)=O. The number of allylic oxidation sites excluding steroid dienone is 1. The molecular weight excluding hydrogens is 460 g/mol. The first kappa shape index (κ1) is 22.9. The maximum absolute atomic E-state index is 13.5. The molecule has 0 aliphatic carbocycles. The van der Waals surface area contributed by atoms with E-state index in [1.54, 1.807) is 31.2 Å². The van der Waals surface area contributed by atoms with E-state index in [4.69, 9.17) is 4.74 Å². The molecule has 0 fully saturated rings. The first-order chi connectivity index (χ1) is 16.3. The number of carbonyl (C=O) groups excluding carboxylic acids is 2. The first-order valence-corrected chi connectivity index (χ1v) is 11.6. The Balaban J connectivity index is 1.89. The zero-order chi connectivity index (χ0) is 24.5. The Bertz CT molecular complexity index is 1430. The molecule has 0 radical (unpaired) electrons. The van der Waals surface area contributed by atoms with Gasteiger partial charge in [0.2, 0.25) is 5.78 Å². The van der Waals surface area contributed by atoms with Crippen LogP contribution in [0.3, 0.4) is 0 Å². The lowest BCUT2D eigenvalue weighted by atomic mass is 10.0. The number of hydrogen-bond donors (Lipinski definition) is 0. The number of carbonyl (C=O) groups is 2. The number of nitrogens with zero attached hydrogens (tertiary/aromatic N) is 2. The number of non-ortho nitro benzene ring substituents is 1. The zero-order valence-electron chi connectivity index (χ0n) is 17.9. The number of Topliss-reactive ketones (excluding diaryl/α,β-unsaturated/α-hetero) is 1. The number of likely N-dealkylation sites (N-methyl/N-ethyl adjacent to an activating group) is 1. The average Bonchev–Trinajstić information content (AvgIpc) is 2.85. The normalized spacial score (nSPS) is 14.3. The van der Waals surface area contributed by atoms with Crippen molar-refractivity contribution in [3.05, 3.63) is 111 Å². The molecule has 0 aromatic heterocycles. The van der Waals surface area contributed by atoms with Gasteiger partial charge in [-0.25, -0.2) is 13.2 Å². The number of esters is 1. The standard InChI is InChI=1S/C24H18N2O7S/c1-2-25-21(22(27)16-8-4-3-5-9-16)23(19-10-6-7-11-20(19)34(25,31)32)33-24(28)17-12-14-18(15-13-17)26(29)30/h3-15H,2H2,1H3. The highest BCUT2D eigenvalue weighted by molar-refractivity contribution is 7.89. The van der Waals surface area contributed by atoms with Crippen molar-refractivity contribution in [2.24, 2.45) is 0 Å². The van der Waals surface area contributed by atoms with Gasteiger partial charge in [0.15, 0.2) is 5.76 Å². The summed E-state index contributed by atoms with van der Waals surface area (Å²) in [5.74, 6) is -1.73. The van der Waals surface area contributed by atoms with Gasteiger partial charge in [-0.3, -0.25) is 19.2 Å².